The Morgan fingerprint density at radius 3 is 2.56 bits per heavy atom. The van der Waals surface area contributed by atoms with Crippen molar-refractivity contribution in [2.75, 3.05) is 18.8 Å². The number of benzene rings is 2. The number of anilines is 1. The Hall–Kier alpha value is -4.28. The lowest BCUT2D eigenvalue weighted by Gasteiger charge is -2.28. The van der Waals surface area contributed by atoms with Crippen LogP contribution in [0.2, 0.25) is 5.02 Å². The van der Waals surface area contributed by atoms with Crippen molar-refractivity contribution in [3.63, 3.8) is 0 Å². The molecule has 4 aromatic rings. The number of halogens is 1. The topological polar surface area (TPSA) is 86.3 Å². The van der Waals surface area contributed by atoms with Gasteiger partial charge in [-0.2, -0.15) is 0 Å². The molecule has 1 aliphatic heterocycles. The third-order valence-corrected chi connectivity index (χ3v) is 7.11. The second-order valence-corrected chi connectivity index (χ2v) is 10.2. The smallest absolute Gasteiger partial charge is 0.245 e. The van der Waals surface area contributed by atoms with Gasteiger partial charge in [-0.15, -0.1) is 0 Å². The minimum Gasteiger partial charge on any atom is -0.457 e. The molecule has 1 amide bonds. The molecule has 1 fully saturated rings. The fourth-order valence-corrected chi connectivity index (χ4v) is 5.14. The van der Waals surface area contributed by atoms with E-state index in [0.717, 1.165) is 40.7 Å². The minimum absolute atomic E-state index is 0.0273. The maximum atomic E-state index is 12.0. The van der Waals surface area contributed by atoms with Crippen LogP contribution in [0.15, 0.2) is 67.5 Å². The zero-order valence-corrected chi connectivity index (χ0v) is 22.8. The van der Waals surface area contributed by atoms with Gasteiger partial charge in [0, 0.05) is 35.6 Å². The van der Waals surface area contributed by atoms with Gasteiger partial charge in [0.2, 0.25) is 5.91 Å². The van der Waals surface area contributed by atoms with Crippen LogP contribution >= 0.6 is 11.6 Å². The molecule has 0 saturated carbocycles. The second-order valence-electron chi connectivity index (χ2n) is 9.80. The number of likely N-dealkylation sites (tertiary alicyclic amines) is 1. The summed E-state index contributed by atoms with van der Waals surface area (Å²) in [5.74, 6) is 8.89. The number of rotatable bonds is 5. The van der Waals surface area contributed by atoms with E-state index in [1.807, 2.05) is 41.3 Å². The Morgan fingerprint density at radius 1 is 1.15 bits per heavy atom. The van der Waals surface area contributed by atoms with Crippen LogP contribution in [0.4, 0.5) is 5.82 Å². The summed E-state index contributed by atoms with van der Waals surface area (Å²) in [5.41, 5.74) is 9.86. The molecule has 1 aliphatic rings. The number of hydrogen-bond acceptors (Lipinski definition) is 5. The molecule has 2 aromatic heterocycles. The predicted octanol–water partition coefficient (Wildman–Crippen LogP) is 6.48. The highest BCUT2D eigenvalue weighted by atomic mass is 35.5. The Balaban J connectivity index is 1.54. The number of carbonyl (C=O) groups is 1. The van der Waals surface area contributed by atoms with E-state index in [4.69, 9.17) is 22.1 Å². The lowest BCUT2D eigenvalue weighted by Crippen LogP contribution is -2.37. The first-order valence-electron chi connectivity index (χ1n) is 13.0. The van der Waals surface area contributed by atoms with E-state index < -0.39 is 0 Å². The van der Waals surface area contributed by atoms with E-state index in [1.165, 1.54) is 12.4 Å². The van der Waals surface area contributed by atoms with Gasteiger partial charge < -0.3 is 19.9 Å². The van der Waals surface area contributed by atoms with E-state index in [2.05, 4.69) is 46.8 Å². The normalized spacial score (nSPS) is 13.8. The quantitative estimate of drug-likeness (QED) is 0.231. The van der Waals surface area contributed by atoms with Gasteiger partial charge in [-0.25, -0.2) is 9.97 Å². The zero-order valence-electron chi connectivity index (χ0n) is 22.0. The number of fused-ring (bicyclic) bond motifs is 1. The Labute approximate surface area is 233 Å². The van der Waals surface area contributed by atoms with Crippen molar-refractivity contribution in [1.29, 1.82) is 0 Å². The van der Waals surface area contributed by atoms with Gasteiger partial charge in [-0.05, 0) is 74.6 Å². The SMILES string of the molecule is C=CC(=O)N1CCC(C#Cc2c(-c3ccc(Oc4cccc(Cl)c4)cc3)c3c(N)ncnc3n2C(C)C)CC1. The summed E-state index contributed by atoms with van der Waals surface area (Å²) >= 11 is 6.11. The van der Waals surface area contributed by atoms with Gasteiger partial charge in [0.05, 0.1) is 5.39 Å². The molecule has 8 heteroatoms. The summed E-state index contributed by atoms with van der Waals surface area (Å²) in [6.45, 7) is 9.16. The number of aromatic nitrogens is 3. The number of amides is 1. The average Bonchev–Trinajstić information content (AvgIpc) is 3.28. The van der Waals surface area contributed by atoms with Gasteiger partial charge in [-0.3, -0.25) is 4.79 Å². The zero-order chi connectivity index (χ0) is 27.5. The van der Waals surface area contributed by atoms with Crippen molar-refractivity contribution < 1.29 is 9.53 Å². The molecule has 0 spiro atoms. The van der Waals surface area contributed by atoms with E-state index in [9.17, 15) is 4.79 Å². The summed E-state index contributed by atoms with van der Waals surface area (Å²) < 4.78 is 8.12. The largest absolute Gasteiger partial charge is 0.457 e. The minimum atomic E-state index is -0.0273. The summed E-state index contributed by atoms with van der Waals surface area (Å²) in [6.07, 6.45) is 4.50. The average molecular weight is 540 g/mol. The molecule has 0 radical (unpaired) electrons. The Kier molecular flexibility index (Phi) is 7.58. The lowest BCUT2D eigenvalue weighted by molar-refractivity contribution is -0.127. The molecule has 2 N–H and O–H groups in total. The van der Waals surface area contributed by atoms with E-state index >= 15 is 0 Å². The van der Waals surface area contributed by atoms with Crippen LogP contribution in [-0.4, -0.2) is 38.4 Å². The molecule has 2 aromatic carbocycles. The molecule has 3 heterocycles. The molecule has 39 heavy (non-hydrogen) atoms. The maximum Gasteiger partial charge on any atom is 0.245 e. The van der Waals surface area contributed by atoms with Crippen LogP contribution in [-0.2, 0) is 4.79 Å². The number of nitrogen functional groups attached to an aromatic ring is 1. The number of carbonyl (C=O) groups excluding carboxylic acids is 1. The van der Waals surface area contributed by atoms with Crippen LogP contribution < -0.4 is 10.5 Å². The lowest BCUT2D eigenvalue weighted by atomic mass is 9.96. The van der Waals surface area contributed by atoms with Gasteiger partial charge >= 0.3 is 0 Å². The first-order chi connectivity index (χ1) is 18.9. The van der Waals surface area contributed by atoms with Gasteiger partial charge in [0.1, 0.15) is 35.0 Å². The van der Waals surface area contributed by atoms with Crippen LogP contribution in [0, 0.1) is 17.8 Å². The predicted molar refractivity (Wildman–Crippen MR) is 156 cm³/mol. The number of piperidine rings is 1. The van der Waals surface area contributed by atoms with Crippen LogP contribution in [0.25, 0.3) is 22.2 Å². The first-order valence-corrected chi connectivity index (χ1v) is 13.3. The van der Waals surface area contributed by atoms with Crippen molar-refractivity contribution in [2.24, 2.45) is 5.92 Å². The second kappa shape index (κ2) is 11.2. The molecule has 0 atom stereocenters. The molecule has 0 aliphatic carbocycles. The number of ether oxygens (including phenoxy) is 1. The highest BCUT2D eigenvalue weighted by Gasteiger charge is 2.24. The van der Waals surface area contributed by atoms with Crippen molar-refractivity contribution in [2.45, 2.75) is 32.7 Å². The Bertz CT molecular complexity index is 1590. The molecule has 0 bridgehead atoms. The fraction of sp³-hybridized carbons (Fsp3) is 0.258. The summed E-state index contributed by atoms with van der Waals surface area (Å²) in [4.78, 5) is 22.7. The fourth-order valence-electron chi connectivity index (χ4n) is 4.96. The van der Waals surface area contributed by atoms with Crippen molar-refractivity contribution in [1.82, 2.24) is 19.4 Å². The van der Waals surface area contributed by atoms with Crippen molar-refractivity contribution in [3.8, 4) is 34.5 Å². The summed E-state index contributed by atoms with van der Waals surface area (Å²) in [6, 6.07) is 15.2. The van der Waals surface area contributed by atoms with Crippen molar-refractivity contribution >= 4 is 34.4 Å². The van der Waals surface area contributed by atoms with Crippen LogP contribution in [0.1, 0.15) is 38.4 Å². The monoisotopic (exact) mass is 539 g/mol. The molecule has 0 unspecified atom stereocenters. The van der Waals surface area contributed by atoms with Gasteiger partial charge in [0.15, 0.2) is 0 Å². The molecule has 198 valence electrons. The van der Waals surface area contributed by atoms with E-state index in [-0.39, 0.29) is 17.9 Å². The summed E-state index contributed by atoms with van der Waals surface area (Å²) in [5, 5.41) is 1.40. The molecular formula is C31H30ClN5O2. The van der Waals surface area contributed by atoms with Gasteiger partial charge in [0.25, 0.3) is 0 Å². The summed E-state index contributed by atoms with van der Waals surface area (Å²) in [7, 11) is 0. The third kappa shape index (κ3) is 5.47. The van der Waals surface area contributed by atoms with Crippen molar-refractivity contribution in [3.05, 3.63) is 78.2 Å². The highest BCUT2D eigenvalue weighted by molar-refractivity contribution is 6.30. The molecule has 5 rings (SSSR count). The number of nitrogens with two attached hydrogens (primary N) is 1. The molecule has 1 saturated heterocycles. The van der Waals surface area contributed by atoms with E-state index in [1.54, 1.807) is 12.1 Å². The first kappa shape index (κ1) is 26.3. The van der Waals surface area contributed by atoms with Crippen LogP contribution in [0.3, 0.4) is 0 Å². The maximum absolute atomic E-state index is 12.0. The third-order valence-electron chi connectivity index (χ3n) is 6.88. The molecule has 7 nitrogen and oxygen atoms in total. The van der Waals surface area contributed by atoms with Gasteiger partial charge in [-0.1, -0.05) is 42.3 Å². The number of hydrogen-bond donors (Lipinski definition) is 1. The highest BCUT2D eigenvalue weighted by Crippen LogP contribution is 2.39. The molecular weight excluding hydrogens is 510 g/mol. The van der Waals surface area contributed by atoms with Crippen LogP contribution in [0.5, 0.6) is 11.5 Å². The number of nitrogens with zero attached hydrogens (tertiary/aromatic N) is 4. The van der Waals surface area contributed by atoms with E-state index in [0.29, 0.717) is 35.4 Å². The Morgan fingerprint density at radius 2 is 1.90 bits per heavy atom. The standard InChI is InChI=1S/C31H30ClN5O2/c1-4-27(38)36-16-14-21(15-17-36)8-13-26-28(29-30(33)34-19-35-31(29)37(26)20(2)3)22-9-11-24(12-10-22)39-25-7-5-6-23(32)18-25/h4-7,9-12,18-21H,1,14-17H2,2-3H3,(H2,33,34,35).